The number of hydrogen-bond acceptors (Lipinski definition) is 2. The second-order valence-corrected chi connectivity index (χ2v) is 8.02. The van der Waals surface area contributed by atoms with Crippen LogP contribution in [0.3, 0.4) is 0 Å². The van der Waals surface area contributed by atoms with Crippen LogP contribution in [0.5, 0.6) is 0 Å². The Hall–Kier alpha value is -0.730. The van der Waals surface area contributed by atoms with E-state index in [1.807, 2.05) is 25.7 Å². The largest absolute Gasteiger partial charge is 0.444 e. The quantitative estimate of drug-likeness (QED) is 0.718. The fourth-order valence-corrected chi connectivity index (χ4v) is 4.23. The van der Waals surface area contributed by atoms with Crippen LogP contribution in [0.15, 0.2) is 0 Å². The number of hydrogen-bond donors (Lipinski definition) is 0. The van der Waals surface area contributed by atoms with E-state index in [9.17, 15) is 4.79 Å². The van der Waals surface area contributed by atoms with Crippen molar-refractivity contribution in [2.75, 3.05) is 13.1 Å². The molecule has 0 spiro atoms. The van der Waals surface area contributed by atoms with E-state index in [1.54, 1.807) is 0 Å². The highest BCUT2D eigenvalue weighted by molar-refractivity contribution is 5.68. The van der Waals surface area contributed by atoms with Gasteiger partial charge in [0.1, 0.15) is 5.60 Å². The lowest BCUT2D eigenvalue weighted by atomic mass is 9.62. The van der Waals surface area contributed by atoms with Gasteiger partial charge in [-0.2, -0.15) is 0 Å². The third-order valence-corrected chi connectivity index (χ3v) is 5.59. The molecule has 122 valence electrons. The summed E-state index contributed by atoms with van der Waals surface area (Å²) >= 11 is 0. The second kappa shape index (κ2) is 6.58. The first-order chi connectivity index (χ1) is 9.86. The highest BCUT2D eigenvalue weighted by Crippen LogP contribution is 2.48. The van der Waals surface area contributed by atoms with E-state index in [-0.39, 0.29) is 11.7 Å². The van der Waals surface area contributed by atoms with Gasteiger partial charge in [-0.25, -0.2) is 4.79 Å². The molecule has 0 N–H and O–H groups in total. The van der Waals surface area contributed by atoms with E-state index < -0.39 is 0 Å². The normalized spacial score (nSPS) is 23.9. The Kier molecular flexibility index (Phi) is 5.21. The Morgan fingerprint density at radius 2 is 1.71 bits per heavy atom. The van der Waals surface area contributed by atoms with Gasteiger partial charge in [0, 0.05) is 13.1 Å². The number of carbonyl (C=O) groups excluding carboxylic acids is 1. The Bertz CT molecular complexity index is 345. The lowest BCUT2D eigenvalue weighted by Crippen LogP contribution is -2.47. The summed E-state index contributed by atoms with van der Waals surface area (Å²) in [6.45, 7) is 9.91. The van der Waals surface area contributed by atoms with Gasteiger partial charge in [0.2, 0.25) is 0 Å². The van der Waals surface area contributed by atoms with Gasteiger partial charge in [-0.3, -0.25) is 0 Å². The van der Waals surface area contributed by atoms with Gasteiger partial charge in [-0.15, -0.1) is 0 Å². The number of amides is 1. The maximum absolute atomic E-state index is 12.2. The van der Waals surface area contributed by atoms with Crippen molar-refractivity contribution in [3.05, 3.63) is 0 Å². The molecule has 1 heterocycles. The second-order valence-electron chi connectivity index (χ2n) is 8.02. The van der Waals surface area contributed by atoms with Crippen LogP contribution >= 0.6 is 0 Å². The molecule has 21 heavy (non-hydrogen) atoms. The van der Waals surface area contributed by atoms with Crippen LogP contribution in [0.1, 0.15) is 79.1 Å². The molecule has 2 aliphatic rings. The molecular weight excluding hydrogens is 262 g/mol. The molecule has 1 saturated heterocycles. The standard InChI is InChI=1S/C18H33NO2/c1-5-18(15-9-7-6-8-10-15)11-13-19(14-12-18)16(20)21-17(2,3)4/h15H,5-14H2,1-4H3. The minimum absolute atomic E-state index is 0.129. The van der Waals surface area contributed by atoms with Crippen molar-refractivity contribution in [3.8, 4) is 0 Å². The van der Waals surface area contributed by atoms with Crippen LogP contribution in [-0.2, 0) is 4.74 Å². The lowest BCUT2D eigenvalue weighted by Gasteiger charge is -2.47. The molecule has 1 aliphatic carbocycles. The minimum atomic E-state index is -0.389. The maximum Gasteiger partial charge on any atom is 0.410 e. The van der Waals surface area contributed by atoms with Crippen molar-refractivity contribution >= 4 is 6.09 Å². The predicted octanol–water partition coefficient (Wildman–Crippen LogP) is 4.99. The van der Waals surface area contributed by atoms with E-state index in [0.717, 1.165) is 31.8 Å². The number of piperidine rings is 1. The summed E-state index contributed by atoms with van der Waals surface area (Å²) < 4.78 is 5.51. The molecule has 3 heteroatoms. The average molecular weight is 295 g/mol. The Labute approximate surface area is 130 Å². The van der Waals surface area contributed by atoms with Gasteiger partial charge in [0.05, 0.1) is 0 Å². The SMILES string of the molecule is CCC1(C2CCCCC2)CCN(C(=O)OC(C)(C)C)CC1. The van der Waals surface area contributed by atoms with Crippen molar-refractivity contribution in [3.63, 3.8) is 0 Å². The van der Waals surface area contributed by atoms with Gasteiger partial charge in [-0.05, 0) is 57.8 Å². The van der Waals surface area contributed by atoms with E-state index in [4.69, 9.17) is 4.74 Å². The highest BCUT2D eigenvalue weighted by atomic mass is 16.6. The number of rotatable bonds is 2. The van der Waals surface area contributed by atoms with E-state index in [1.165, 1.54) is 38.5 Å². The van der Waals surface area contributed by atoms with E-state index in [2.05, 4.69) is 6.92 Å². The molecule has 3 nitrogen and oxygen atoms in total. The third-order valence-electron chi connectivity index (χ3n) is 5.59. The highest BCUT2D eigenvalue weighted by Gasteiger charge is 2.41. The molecular formula is C18H33NO2. The number of ether oxygens (including phenoxy) is 1. The molecule has 1 saturated carbocycles. The molecule has 1 amide bonds. The monoisotopic (exact) mass is 295 g/mol. The summed E-state index contributed by atoms with van der Waals surface area (Å²) in [6, 6.07) is 0. The Morgan fingerprint density at radius 3 is 2.19 bits per heavy atom. The Morgan fingerprint density at radius 1 is 1.14 bits per heavy atom. The van der Waals surface area contributed by atoms with Gasteiger partial charge in [0.15, 0.2) is 0 Å². The minimum Gasteiger partial charge on any atom is -0.444 e. The fraction of sp³-hybridized carbons (Fsp3) is 0.944. The fourth-order valence-electron chi connectivity index (χ4n) is 4.23. The van der Waals surface area contributed by atoms with Gasteiger partial charge in [0.25, 0.3) is 0 Å². The van der Waals surface area contributed by atoms with Crippen LogP contribution in [0, 0.1) is 11.3 Å². The summed E-state index contributed by atoms with van der Waals surface area (Å²) in [4.78, 5) is 14.1. The van der Waals surface area contributed by atoms with Gasteiger partial charge < -0.3 is 9.64 Å². The summed E-state index contributed by atoms with van der Waals surface area (Å²) in [7, 11) is 0. The first-order valence-electron chi connectivity index (χ1n) is 8.84. The molecule has 0 bridgehead atoms. The third kappa shape index (κ3) is 4.14. The first-order valence-corrected chi connectivity index (χ1v) is 8.84. The molecule has 0 unspecified atom stereocenters. The van der Waals surface area contributed by atoms with Crippen molar-refractivity contribution in [2.24, 2.45) is 11.3 Å². The van der Waals surface area contributed by atoms with Crippen LogP contribution < -0.4 is 0 Å². The van der Waals surface area contributed by atoms with Crippen molar-refractivity contribution < 1.29 is 9.53 Å². The lowest BCUT2D eigenvalue weighted by molar-refractivity contribution is -0.00736. The van der Waals surface area contributed by atoms with Crippen molar-refractivity contribution in [1.29, 1.82) is 0 Å². The van der Waals surface area contributed by atoms with Gasteiger partial charge >= 0.3 is 6.09 Å². The molecule has 2 rings (SSSR count). The summed E-state index contributed by atoms with van der Waals surface area (Å²) in [6.07, 6.45) is 10.5. The van der Waals surface area contributed by atoms with E-state index >= 15 is 0 Å². The number of nitrogens with zero attached hydrogens (tertiary/aromatic N) is 1. The zero-order valence-corrected chi connectivity index (χ0v) is 14.4. The number of carbonyl (C=O) groups is 1. The topological polar surface area (TPSA) is 29.5 Å². The molecule has 2 fully saturated rings. The van der Waals surface area contributed by atoms with Crippen molar-refractivity contribution in [1.82, 2.24) is 4.90 Å². The van der Waals surface area contributed by atoms with Crippen LogP contribution in [0.4, 0.5) is 4.79 Å². The maximum atomic E-state index is 12.2. The molecule has 0 aromatic heterocycles. The smallest absolute Gasteiger partial charge is 0.410 e. The summed E-state index contributed by atoms with van der Waals surface area (Å²) in [5.74, 6) is 0.886. The molecule has 0 aromatic rings. The van der Waals surface area contributed by atoms with Crippen molar-refractivity contribution in [2.45, 2.75) is 84.7 Å². The molecule has 1 aliphatic heterocycles. The first kappa shape index (κ1) is 16.6. The Balaban J connectivity index is 1.92. The predicted molar refractivity (Wildman–Crippen MR) is 86.3 cm³/mol. The molecule has 0 radical (unpaired) electrons. The summed E-state index contributed by atoms with van der Waals surface area (Å²) in [5.41, 5.74) is 0.0959. The zero-order chi connectivity index (χ0) is 15.5. The van der Waals surface area contributed by atoms with E-state index in [0.29, 0.717) is 5.41 Å². The van der Waals surface area contributed by atoms with Crippen LogP contribution in [0.25, 0.3) is 0 Å². The van der Waals surface area contributed by atoms with Crippen LogP contribution in [0.2, 0.25) is 0 Å². The summed E-state index contributed by atoms with van der Waals surface area (Å²) in [5, 5.41) is 0. The average Bonchev–Trinajstić information content (AvgIpc) is 2.46. The molecule has 0 aromatic carbocycles. The number of likely N-dealkylation sites (tertiary alicyclic amines) is 1. The van der Waals surface area contributed by atoms with Gasteiger partial charge in [-0.1, -0.05) is 32.6 Å². The molecule has 0 atom stereocenters. The van der Waals surface area contributed by atoms with Crippen LogP contribution in [-0.4, -0.2) is 29.7 Å². The zero-order valence-electron chi connectivity index (χ0n) is 14.4.